The van der Waals surface area contributed by atoms with E-state index in [1.165, 1.54) is 11.3 Å². The van der Waals surface area contributed by atoms with Crippen LogP contribution in [0.4, 0.5) is 0 Å². The van der Waals surface area contributed by atoms with E-state index in [0.717, 1.165) is 21.6 Å². The molecule has 3 aromatic rings. The molecule has 0 aliphatic rings. The Labute approximate surface area is 149 Å². The van der Waals surface area contributed by atoms with Gasteiger partial charge in [0, 0.05) is 11.9 Å². The van der Waals surface area contributed by atoms with Crippen LogP contribution in [0.2, 0.25) is 0 Å². The van der Waals surface area contributed by atoms with Gasteiger partial charge in [0.25, 0.3) is 5.91 Å². The fraction of sp³-hybridized carbons (Fsp3) is 0.278. The van der Waals surface area contributed by atoms with Gasteiger partial charge < -0.3 is 10.6 Å². The van der Waals surface area contributed by atoms with Gasteiger partial charge in [0.05, 0.1) is 16.3 Å². The van der Waals surface area contributed by atoms with Crippen molar-refractivity contribution in [2.24, 2.45) is 0 Å². The van der Waals surface area contributed by atoms with Gasteiger partial charge in [-0.15, -0.1) is 11.3 Å². The minimum Gasteiger partial charge on any atom is -0.355 e. The molecule has 1 atom stereocenters. The Balaban J connectivity index is 1.89. The first kappa shape index (κ1) is 17.2. The molecule has 0 aliphatic carbocycles. The first-order valence-corrected chi connectivity index (χ1v) is 8.96. The molecule has 2 amide bonds. The lowest BCUT2D eigenvalue weighted by Gasteiger charge is -2.12. The normalized spacial score (nSPS) is 12.1. The van der Waals surface area contributed by atoms with E-state index in [0.29, 0.717) is 11.4 Å². The number of para-hydroxylation sites is 1. The summed E-state index contributed by atoms with van der Waals surface area (Å²) < 4.78 is 1.85. The van der Waals surface area contributed by atoms with Crippen molar-refractivity contribution in [2.75, 3.05) is 6.54 Å². The first-order valence-electron chi connectivity index (χ1n) is 8.14. The summed E-state index contributed by atoms with van der Waals surface area (Å²) in [5, 5.41) is 11.0. The molecule has 25 heavy (non-hydrogen) atoms. The molecule has 0 radical (unpaired) electrons. The quantitative estimate of drug-likeness (QED) is 0.738. The average Bonchev–Trinajstić information content (AvgIpc) is 3.17. The van der Waals surface area contributed by atoms with E-state index in [4.69, 9.17) is 0 Å². The maximum Gasteiger partial charge on any atom is 0.262 e. The van der Waals surface area contributed by atoms with Crippen LogP contribution in [0.15, 0.2) is 36.4 Å². The Morgan fingerprint density at radius 1 is 1.28 bits per heavy atom. The fourth-order valence-electron chi connectivity index (χ4n) is 2.56. The summed E-state index contributed by atoms with van der Waals surface area (Å²) in [4.78, 5) is 25.8. The number of nitrogens with one attached hydrogen (secondary N) is 2. The number of rotatable bonds is 5. The van der Waals surface area contributed by atoms with Crippen molar-refractivity contribution in [3.63, 3.8) is 0 Å². The molecule has 1 aromatic carbocycles. The topological polar surface area (TPSA) is 76.0 Å². The smallest absolute Gasteiger partial charge is 0.262 e. The molecule has 2 aromatic heterocycles. The van der Waals surface area contributed by atoms with E-state index >= 15 is 0 Å². The van der Waals surface area contributed by atoms with Gasteiger partial charge in [-0.25, -0.2) is 4.68 Å². The second-order valence-electron chi connectivity index (χ2n) is 5.75. The van der Waals surface area contributed by atoms with Gasteiger partial charge in [0.1, 0.15) is 10.9 Å². The van der Waals surface area contributed by atoms with Crippen molar-refractivity contribution in [1.29, 1.82) is 0 Å². The number of likely N-dealkylation sites (N-methyl/N-ethyl adjacent to an activating group) is 1. The molecule has 0 saturated carbocycles. The number of carbonyl (C=O) groups excluding carboxylic acids is 2. The Hall–Kier alpha value is -2.67. The van der Waals surface area contributed by atoms with Gasteiger partial charge in [0.2, 0.25) is 5.91 Å². The standard InChI is InChI=1S/C18H20N4O2S/c1-4-19-16(23)12(3)20-17(24)15-10-14-11(2)21-22(18(14)25-15)13-8-6-5-7-9-13/h5-10,12H,4H2,1-3H3,(H,19,23)(H,20,24)/t12-/m1/s1. The van der Waals surface area contributed by atoms with Gasteiger partial charge in [-0.05, 0) is 39.0 Å². The van der Waals surface area contributed by atoms with Crippen molar-refractivity contribution in [1.82, 2.24) is 20.4 Å². The molecule has 2 heterocycles. The van der Waals surface area contributed by atoms with E-state index in [9.17, 15) is 9.59 Å². The Kier molecular flexibility index (Phi) is 4.85. The molecule has 6 nitrogen and oxygen atoms in total. The number of thiophene rings is 1. The fourth-order valence-corrected chi connectivity index (χ4v) is 3.65. The number of fused-ring (bicyclic) bond motifs is 1. The summed E-state index contributed by atoms with van der Waals surface area (Å²) >= 11 is 1.37. The zero-order valence-electron chi connectivity index (χ0n) is 14.4. The largest absolute Gasteiger partial charge is 0.355 e. The van der Waals surface area contributed by atoms with E-state index < -0.39 is 6.04 Å². The second-order valence-corrected chi connectivity index (χ2v) is 6.78. The van der Waals surface area contributed by atoms with E-state index in [1.807, 2.05) is 54.9 Å². The SMILES string of the molecule is CCNC(=O)[C@@H](C)NC(=O)c1cc2c(C)nn(-c3ccccc3)c2s1. The predicted octanol–water partition coefficient (Wildman–Crippen LogP) is 2.65. The maximum atomic E-state index is 12.5. The summed E-state index contributed by atoms with van der Waals surface area (Å²) in [5.41, 5.74) is 1.82. The number of carbonyl (C=O) groups is 2. The summed E-state index contributed by atoms with van der Waals surface area (Å²) in [6.45, 7) is 5.98. The highest BCUT2D eigenvalue weighted by atomic mass is 32.1. The molecule has 0 saturated heterocycles. The summed E-state index contributed by atoms with van der Waals surface area (Å²) in [6, 6.07) is 11.1. The minimum atomic E-state index is -0.579. The van der Waals surface area contributed by atoms with Crippen molar-refractivity contribution < 1.29 is 9.59 Å². The third-order valence-corrected chi connectivity index (χ3v) is 4.97. The number of aryl methyl sites for hydroxylation is 1. The van der Waals surface area contributed by atoms with Crippen LogP contribution in [-0.2, 0) is 4.79 Å². The van der Waals surface area contributed by atoms with Crippen molar-refractivity contribution in [3.8, 4) is 5.69 Å². The lowest BCUT2D eigenvalue weighted by atomic mass is 10.2. The number of aromatic nitrogens is 2. The van der Waals surface area contributed by atoms with Gasteiger partial charge in [-0.1, -0.05) is 18.2 Å². The zero-order chi connectivity index (χ0) is 18.0. The van der Waals surface area contributed by atoms with Gasteiger partial charge in [0.15, 0.2) is 0 Å². The summed E-state index contributed by atoms with van der Waals surface area (Å²) in [5.74, 6) is -0.442. The first-order chi connectivity index (χ1) is 12.0. The zero-order valence-corrected chi connectivity index (χ0v) is 15.2. The second kappa shape index (κ2) is 7.06. The molecule has 7 heteroatoms. The molecule has 0 spiro atoms. The lowest BCUT2D eigenvalue weighted by molar-refractivity contribution is -0.122. The van der Waals surface area contributed by atoms with Gasteiger partial charge in [-0.3, -0.25) is 9.59 Å². The van der Waals surface area contributed by atoms with Crippen LogP contribution < -0.4 is 10.6 Å². The number of nitrogens with zero attached hydrogens (tertiary/aromatic N) is 2. The third kappa shape index (κ3) is 3.41. The Morgan fingerprint density at radius 2 is 2.00 bits per heavy atom. The minimum absolute atomic E-state index is 0.191. The van der Waals surface area contributed by atoms with Crippen LogP contribution in [0.5, 0.6) is 0 Å². The number of benzene rings is 1. The van der Waals surface area contributed by atoms with Crippen LogP contribution in [0.1, 0.15) is 29.2 Å². The molecule has 0 bridgehead atoms. The Morgan fingerprint density at radius 3 is 2.68 bits per heavy atom. The van der Waals surface area contributed by atoms with E-state index in [1.54, 1.807) is 6.92 Å². The summed E-state index contributed by atoms with van der Waals surface area (Å²) in [6.07, 6.45) is 0. The highest BCUT2D eigenvalue weighted by Crippen LogP contribution is 2.30. The molecule has 3 rings (SSSR count). The number of hydrogen-bond donors (Lipinski definition) is 2. The number of hydrogen-bond acceptors (Lipinski definition) is 4. The monoisotopic (exact) mass is 356 g/mol. The van der Waals surface area contributed by atoms with Crippen molar-refractivity contribution in [3.05, 3.63) is 47.0 Å². The molecule has 0 fully saturated rings. The maximum absolute atomic E-state index is 12.5. The highest BCUT2D eigenvalue weighted by molar-refractivity contribution is 7.20. The molecule has 0 unspecified atom stereocenters. The Bertz CT molecular complexity index is 914. The van der Waals surface area contributed by atoms with Crippen LogP contribution in [0.25, 0.3) is 15.9 Å². The third-order valence-electron chi connectivity index (χ3n) is 3.86. The predicted molar refractivity (Wildman–Crippen MR) is 99.3 cm³/mol. The van der Waals surface area contributed by atoms with E-state index in [2.05, 4.69) is 15.7 Å². The van der Waals surface area contributed by atoms with Crippen molar-refractivity contribution >= 4 is 33.4 Å². The van der Waals surface area contributed by atoms with Gasteiger partial charge in [-0.2, -0.15) is 5.10 Å². The van der Waals surface area contributed by atoms with Crippen LogP contribution >= 0.6 is 11.3 Å². The lowest BCUT2D eigenvalue weighted by Crippen LogP contribution is -2.44. The van der Waals surface area contributed by atoms with Crippen LogP contribution in [0.3, 0.4) is 0 Å². The molecule has 2 N–H and O–H groups in total. The van der Waals surface area contributed by atoms with Gasteiger partial charge >= 0.3 is 0 Å². The number of amides is 2. The molecular weight excluding hydrogens is 336 g/mol. The van der Waals surface area contributed by atoms with E-state index in [-0.39, 0.29) is 11.8 Å². The van der Waals surface area contributed by atoms with Crippen molar-refractivity contribution in [2.45, 2.75) is 26.8 Å². The highest BCUT2D eigenvalue weighted by Gasteiger charge is 2.20. The molecule has 0 aliphatic heterocycles. The average molecular weight is 356 g/mol. The van der Waals surface area contributed by atoms with Crippen LogP contribution in [-0.4, -0.2) is 34.2 Å². The summed E-state index contributed by atoms with van der Waals surface area (Å²) in [7, 11) is 0. The van der Waals surface area contributed by atoms with Crippen LogP contribution in [0, 0.1) is 6.92 Å². The molecular formula is C18H20N4O2S. The molecule has 130 valence electrons.